The van der Waals surface area contributed by atoms with Gasteiger partial charge in [-0.05, 0) is 69.4 Å². The van der Waals surface area contributed by atoms with E-state index in [2.05, 4.69) is 64.4 Å². The van der Waals surface area contributed by atoms with Crippen molar-refractivity contribution in [3.63, 3.8) is 0 Å². The van der Waals surface area contributed by atoms with Gasteiger partial charge >= 0.3 is 0 Å². The van der Waals surface area contributed by atoms with Crippen LogP contribution in [0, 0.1) is 13.8 Å². The van der Waals surface area contributed by atoms with Crippen LogP contribution in [0.4, 0.5) is 10.8 Å². The molecule has 1 amide bonds. The molecule has 9 heteroatoms. The highest BCUT2D eigenvalue weighted by Gasteiger charge is 2.25. The average Bonchev–Trinajstić information content (AvgIpc) is 3.52. The summed E-state index contributed by atoms with van der Waals surface area (Å²) in [5.41, 5.74) is 5.35. The number of para-hydroxylation sites is 1. The predicted molar refractivity (Wildman–Crippen MR) is 151 cm³/mol. The number of hydrogen-bond donors (Lipinski definition) is 1. The maximum atomic E-state index is 13.0. The molecule has 7 nitrogen and oxygen atoms in total. The molecule has 0 radical (unpaired) electrons. The molecule has 5 rings (SSSR count). The summed E-state index contributed by atoms with van der Waals surface area (Å²) in [5, 5.41) is 16.1. The topological polar surface area (TPSA) is 75.9 Å². The minimum absolute atomic E-state index is 0.172. The van der Waals surface area contributed by atoms with Crippen LogP contribution in [0.5, 0.6) is 0 Å². The lowest BCUT2D eigenvalue weighted by atomic mass is 10.0. The molecule has 0 spiro atoms. The molecular weight excluding hydrogens is 500 g/mol. The number of rotatable bonds is 8. The van der Waals surface area contributed by atoms with Crippen LogP contribution in [-0.4, -0.2) is 48.9 Å². The fraction of sp³-hybridized carbons (Fsp3) is 0.357. The number of amides is 1. The number of aromatic nitrogens is 4. The number of hydrogen-bond acceptors (Lipinski definition) is 7. The number of nitrogens with one attached hydrogen (secondary N) is 1. The molecule has 1 saturated heterocycles. The Labute approximate surface area is 226 Å². The Morgan fingerprint density at radius 2 is 1.95 bits per heavy atom. The molecule has 0 bridgehead atoms. The zero-order valence-corrected chi connectivity index (χ0v) is 23.1. The highest BCUT2D eigenvalue weighted by Crippen LogP contribution is 2.29. The number of aryl methyl sites for hydroxylation is 1. The molecule has 2 aromatic carbocycles. The predicted octanol–water partition coefficient (Wildman–Crippen LogP) is 6.17. The lowest BCUT2D eigenvalue weighted by Crippen LogP contribution is -2.43. The number of piperidine rings is 1. The van der Waals surface area contributed by atoms with Gasteiger partial charge in [-0.1, -0.05) is 42.1 Å². The minimum atomic E-state index is 0.172. The SMILES string of the molecule is Cc1cccc(-n2c(Cc3csc(Nc4ccccc4)n3)nnc2SCC(=O)N2CCCCC2C)c1C. The van der Waals surface area contributed by atoms with Gasteiger partial charge in [0.05, 0.1) is 23.6 Å². The summed E-state index contributed by atoms with van der Waals surface area (Å²) in [6.07, 6.45) is 3.90. The third-order valence-electron chi connectivity index (χ3n) is 6.88. The molecule has 0 aliphatic carbocycles. The fourth-order valence-electron chi connectivity index (χ4n) is 4.66. The fourth-order valence-corrected chi connectivity index (χ4v) is 6.24. The van der Waals surface area contributed by atoms with Gasteiger partial charge in [-0.25, -0.2) is 4.98 Å². The molecule has 2 aromatic heterocycles. The van der Waals surface area contributed by atoms with Crippen molar-refractivity contribution in [3.8, 4) is 5.69 Å². The van der Waals surface area contributed by atoms with E-state index >= 15 is 0 Å². The van der Waals surface area contributed by atoms with Crippen LogP contribution >= 0.6 is 23.1 Å². The average molecular weight is 533 g/mol. The Hall–Kier alpha value is -3.17. The van der Waals surface area contributed by atoms with Crippen LogP contribution in [-0.2, 0) is 11.2 Å². The Morgan fingerprint density at radius 3 is 2.76 bits per heavy atom. The van der Waals surface area contributed by atoms with Gasteiger partial charge in [0.15, 0.2) is 10.3 Å². The first kappa shape index (κ1) is 25.5. The second-order valence-corrected chi connectivity index (χ2v) is 11.3. The number of thiazole rings is 1. The third kappa shape index (κ3) is 5.88. The lowest BCUT2D eigenvalue weighted by molar-refractivity contribution is -0.131. The van der Waals surface area contributed by atoms with Crippen molar-refractivity contribution in [2.75, 3.05) is 17.6 Å². The maximum absolute atomic E-state index is 13.0. The Kier molecular flexibility index (Phi) is 7.90. The Bertz CT molecular complexity index is 1370. The highest BCUT2D eigenvalue weighted by atomic mass is 32.2. The zero-order chi connectivity index (χ0) is 25.8. The van der Waals surface area contributed by atoms with E-state index in [0.29, 0.717) is 18.2 Å². The van der Waals surface area contributed by atoms with Crippen LogP contribution in [0.1, 0.15) is 48.8 Å². The highest BCUT2D eigenvalue weighted by molar-refractivity contribution is 7.99. The summed E-state index contributed by atoms with van der Waals surface area (Å²) in [5.74, 6) is 1.34. The molecule has 192 valence electrons. The van der Waals surface area contributed by atoms with E-state index in [-0.39, 0.29) is 5.91 Å². The first-order valence-electron chi connectivity index (χ1n) is 12.7. The molecule has 1 atom stereocenters. The number of carbonyl (C=O) groups is 1. The molecule has 1 aliphatic heterocycles. The van der Waals surface area contributed by atoms with Gasteiger partial charge < -0.3 is 10.2 Å². The second-order valence-electron chi connectivity index (χ2n) is 9.49. The van der Waals surface area contributed by atoms with Crippen LogP contribution in [0.2, 0.25) is 0 Å². The zero-order valence-electron chi connectivity index (χ0n) is 21.5. The molecule has 1 N–H and O–H groups in total. The summed E-state index contributed by atoms with van der Waals surface area (Å²) >= 11 is 3.04. The second kappa shape index (κ2) is 11.5. The van der Waals surface area contributed by atoms with Crippen molar-refractivity contribution in [1.29, 1.82) is 0 Å². The summed E-state index contributed by atoms with van der Waals surface area (Å²) in [6.45, 7) is 7.22. The molecule has 1 fully saturated rings. The quantitative estimate of drug-likeness (QED) is 0.274. The van der Waals surface area contributed by atoms with Crippen LogP contribution in [0.3, 0.4) is 0 Å². The Morgan fingerprint density at radius 1 is 1.11 bits per heavy atom. The van der Waals surface area contributed by atoms with Crippen molar-refractivity contribution >= 4 is 39.8 Å². The largest absolute Gasteiger partial charge is 0.339 e. The van der Waals surface area contributed by atoms with Gasteiger partial charge in [0.2, 0.25) is 5.91 Å². The number of anilines is 2. The van der Waals surface area contributed by atoms with Crippen LogP contribution in [0.25, 0.3) is 5.69 Å². The molecule has 4 aromatic rings. The first-order chi connectivity index (χ1) is 18.0. The lowest BCUT2D eigenvalue weighted by Gasteiger charge is -2.33. The standard InChI is InChI=1S/C28H32N6OS2/c1-19-10-9-14-24(21(19)3)34-25(16-23-17-36-27(30-23)29-22-12-5-4-6-13-22)31-32-28(34)37-18-26(35)33-15-8-7-11-20(33)2/h4-6,9-10,12-14,17,20H,7-8,11,15-16,18H2,1-3H3,(H,29,30). The van der Waals surface area contributed by atoms with Crippen molar-refractivity contribution in [1.82, 2.24) is 24.6 Å². The number of benzene rings is 2. The van der Waals surface area contributed by atoms with E-state index < -0.39 is 0 Å². The van der Waals surface area contributed by atoms with E-state index in [4.69, 9.17) is 4.98 Å². The van der Waals surface area contributed by atoms with E-state index in [0.717, 1.165) is 52.6 Å². The van der Waals surface area contributed by atoms with Gasteiger partial charge in [-0.2, -0.15) is 0 Å². The van der Waals surface area contributed by atoms with Crippen molar-refractivity contribution < 1.29 is 4.79 Å². The smallest absolute Gasteiger partial charge is 0.233 e. The van der Waals surface area contributed by atoms with Crippen LogP contribution < -0.4 is 5.32 Å². The first-order valence-corrected chi connectivity index (χ1v) is 14.6. The normalized spacial score (nSPS) is 15.6. The van der Waals surface area contributed by atoms with Crippen molar-refractivity contribution in [2.24, 2.45) is 0 Å². The summed E-state index contributed by atoms with van der Waals surface area (Å²) in [7, 11) is 0. The number of nitrogens with zero attached hydrogens (tertiary/aromatic N) is 5. The summed E-state index contributed by atoms with van der Waals surface area (Å²) in [4.78, 5) is 19.8. The summed E-state index contributed by atoms with van der Waals surface area (Å²) in [6, 6.07) is 16.6. The molecular formula is C28H32N6OS2. The number of likely N-dealkylation sites (tertiary alicyclic amines) is 1. The van der Waals surface area contributed by atoms with E-state index in [1.54, 1.807) is 11.3 Å². The number of thioether (sulfide) groups is 1. The molecule has 0 saturated carbocycles. The van der Waals surface area contributed by atoms with Gasteiger partial charge in [-0.3, -0.25) is 9.36 Å². The van der Waals surface area contributed by atoms with Gasteiger partial charge in [0, 0.05) is 23.7 Å². The molecule has 37 heavy (non-hydrogen) atoms. The van der Waals surface area contributed by atoms with Gasteiger partial charge in [-0.15, -0.1) is 21.5 Å². The van der Waals surface area contributed by atoms with E-state index in [1.165, 1.54) is 29.3 Å². The number of carbonyl (C=O) groups excluding carboxylic acids is 1. The van der Waals surface area contributed by atoms with Crippen molar-refractivity contribution in [2.45, 2.75) is 57.7 Å². The maximum Gasteiger partial charge on any atom is 0.233 e. The van der Waals surface area contributed by atoms with Gasteiger partial charge in [0.1, 0.15) is 5.82 Å². The minimum Gasteiger partial charge on any atom is -0.339 e. The Balaban J connectivity index is 1.39. The van der Waals surface area contributed by atoms with Crippen LogP contribution in [0.15, 0.2) is 59.1 Å². The van der Waals surface area contributed by atoms with E-state index in [1.807, 2.05) is 35.2 Å². The monoisotopic (exact) mass is 532 g/mol. The van der Waals surface area contributed by atoms with Crippen molar-refractivity contribution in [3.05, 3.63) is 76.6 Å². The van der Waals surface area contributed by atoms with Gasteiger partial charge in [0.25, 0.3) is 0 Å². The third-order valence-corrected chi connectivity index (χ3v) is 8.60. The molecule has 1 unspecified atom stereocenters. The molecule has 1 aliphatic rings. The van der Waals surface area contributed by atoms with E-state index in [9.17, 15) is 4.79 Å². The molecule has 3 heterocycles. The summed E-state index contributed by atoms with van der Waals surface area (Å²) < 4.78 is 2.10.